The fraction of sp³-hybridized carbons (Fsp3) is 0.486. The Balaban J connectivity index is 1.53. The smallest absolute Gasteiger partial charge is 0.213 e. The minimum atomic E-state index is -1.31. The van der Waals surface area contributed by atoms with Gasteiger partial charge in [-0.15, -0.1) is 0 Å². The molecule has 0 radical (unpaired) electrons. The number of aliphatic hydroxyl groups is 1. The fourth-order valence-corrected chi connectivity index (χ4v) is 6.81. The molecule has 3 heterocycles. The van der Waals surface area contributed by atoms with E-state index in [0.29, 0.717) is 29.3 Å². The van der Waals surface area contributed by atoms with E-state index in [0.717, 1.165) is 54.4 Å². The maximum Gasteiger partial charge on any atom is 0.213 e. The number of nitrogens with zero attached hydrogens (tertiary/aromatic N) is 2. The highest BCUT2D eigenvalue weighted by molar-refractivity contribution is 5.70. The van der Waals surface area contributed by atoms with E-state index < -0.39 is 23.8 Å². The molecule has 3 aromatic rings. The number of likely N-dealkylation sites (tertiary alicyclic amines) is 1. The third kappa shape index (κ3) is 6.27. The quantitative estimate of drug-likeness (QED) is 0.348. The Morgan fingerprint density at radius 2 is 1.86 bits per heavy atom. The zero-order valence-corrected chi connectivity index (χ0v) is 25.9. The Labute approximate surface area is 253 Å². The number of methoxy groups -OCH3 is 1. The largest absolute Gasteiger partial charge is 0.550 e. The van der Waals surface area contributed by atoms with Crippen LogP contribution in [0, 0.1) is 11.7 Å². The number of piperidine rings is 1. The van der Waals surface area contributed by atoms with E-state index in [9.17, 15) is 15.0 Å². The molecule has 5 rings (SSSR count). The molecule has 0 aliphatic carbocycles. The van der Waals surface area contributed by atoms with Crippen LogP contribution >= 0.6 is 0 Å². The molecule has 2 aliphatic rings. The number of benzene rings is 2. The number of carbonyl (C=O) groups is 1. The molecule has 1 saturated heterocycles. The van der Waals surface area contributed by atoms with Crippen molar-refractivity contribution in [3.8, 4) is 22.8 Å². The number of pyridine rings is 1. The van der Waals surface area contributed by atoms with Gasteiger partial charge in [-0.3, -0.25) is 4.90 Å². The minimum Gasteiger partial charge on any atom is -0.550 e. The normalized spacial score (nSPS) is 20.9. The summed E-state index contributed by atoms with van der Waals surface area (Å²) in [5.41, 5.74) is 4.61. The summed E-state index contributed by atoms with van der Waals surface area (Å²) in [4.78, 5) is 17.9. The van der Waals surface area contributed by atoms with Gasteiger partial charge in [-0.2, -0.15) is 0 Å². The van der Waals surface area contributed by atoms with Crippen molar-refractivity contribution in [3.05, 3.63) is 76.7 Å². The molecular formula is C35H42FN2O5-. The molecule has 43 heavy (non-hydrogen) atoms. The van der Waals surface area contributed by atoms with Crippen molar-refractivity contribution in [2.45, 2.75) is 96.6 Å². The standard InChI is InChI=1S/C35H43FN2O5/c1-21(33(40)41)32(39)24-9-8-22-11-13-29(43-30(22)17-24)23-10-12-26(27-18-31(42-6)37-19-28(27)36)25(16-23)20-38-34(2,3)14-7-15-35(38,4)5/h8-10,12,16-19,21,29,32,39H,7,11,13-15,20H2,1-6H3,(H,40,41)/p-1/t21-,29?,32+/m0/s1. The van der Waals surface area contributed by atoms with Gasteiger partial charge in [-0.1, -0.05) is 37.3 Å². The Morgan fingerprint density at radius 1 is 1.14 bits per heavy atom. The van der Waals surface area contributed by atoms with Crippen LogP contribution in [0.5, 0.6) is 11.6 Å². The van der Waals surface area contributed by atoms with Crippen LogP contribution in [-0.4, -0.2) is 39.1 Å². The third-order valence-electron chi connectivity index (χ3n) is 9.42. The van der Waals surface area contributed by atoms with E-state index in [1.807, 2.05) is 18.2 Å². The number of aromatic nitrogens is 1. The molecule has 1 aromatic heterocycles. The maximum absolute atomic E-state index is 15.3. The minimum absolute atomic E-state index is 0.0381. The predicted molar refractivity (Wildman–Crippen MR) is 161 cm³/mol. The monoisotopic (exact) mass is 589 g/mol. The molecule has 1 N–H and O–H groups in total. The molecule has 7 nitrogen and oxygen atoms in total. The first-order valence-electron chi connectivity index (χ1n) is 15.1. The average Bonchev–Trinajstić information content (AvgIpc) is 2.97. The summed E-state index contributed by atoms with van der Waals surface area (Å²) in [5.74, 6) is -1.79. The number of carboxylic acid groups (broad SMARTS) is 1. The number of hydrogen-bond donors (Lipinski definition) is 1. The number of ether oxygens (including phenoxy) is 2. The molecule has 2 aromatic carbocycles. The number of fused-ring (bicyclic) bond motifs is 1. The number of carboxylic acids is 1. The predicted octanol–water partition coefficient (Wildman–Crippen LogP) is 5.93. The lowest BCUT2D eigenvalue weighted by molar-refractivity contribution is -0.313. The first-order valence-corrected chi connectivity index (χ1v) is 15.1. The summed E-state index contributed by atoms with van der Waals surface area (Å²) < 4.78 is 27.1. The van der Waals surface area contributed by atoms with Gasteiger partial charge in [0.15, 0.2) is 0 Å². The molecule has 230 valence electrons. The van der Waals surface area contributed by atoms with Gasteiger partial charge in [0.1, 0.15) is 17.7 Å². The van der Waals surface area contributed by atoms with Crippen molar-refractivity contribution in [3.63, 3.8) is 0 Å². The van der Waals surface area contributed by atoms with E-state index in [1.165, 1.54) is 20.2 Å². The summed E-state index contributed by atoms with van der Waals surface area (Å²) in [6.07, 6.45) is 4.58. The Hall–Kier alpha value is -3.49. The lowest BCUT2D eigenvalue weighted by Gasteiger charge is -2.53. The second-order valence-electron chi connectivity index (χ2n) is 13.3. The van der Waals surface area contributed by atoms with Crippen LogP contribution in [0.2, 0.25) is 0 Å². The second-order valence-corrected chi connectivity index (χ2v) is 13.3. The van der Waals surface area contributed by atoms with Gasteiger partial charge in [0, 0.05) is 41.1 Å². The summed E-state index contributed by atoms with van der Waals surface area (Å²) in [7, 11) is 1.52. The Bertz CT molecular complexity index is 1490. The summed E-state index contributed by atoms with van der Waals surface area (Å²) in [6, 6.07) is 13.1. The SMILES string of the molecule is COc1cc(-c2ccc(C3CCc4ccc([C@H](O)[C@H](C)C(=O)[O-])cc4O3)cc2CN2C(C)(C)CCCC2(C)C)c(F)cn1. The highest BCUT2D eigenvalue weighted by Gasteiger charge is 2.41. The molecular weight excluding hydrogens is 547 g/mol. The van der Waals surface area contributed by atoms with Crippen LogP contribution < -0.4 is 14.6 Å². The van der Waals surface area contributed by atoms with Crippen LogP contribution in [-0.2, 0) is 17.8 Å². The van der Waals surface area contributed by atoms with Crippen LogP contribution in [0.25, 0.3) is 11.1 Å². The molecule has 3 atom stereocenters. The number of aliphatic carboxylic acids is 1. The number of aliphatic hydroxyl groups excluding tert-OH is 1. The summed E-state index contributed by atoms with van der Waals surface area (Å²) >= 11 is 0. The lowest BCUT2D eigenvalue weighted by Crippen LogP contribution is -2.57. The summed E-state index contributed by atoms with van der Waals surface area (Å²) in [5, 5.41) is 21.9. The van der Waals surface area contributed by atoms with Crippen molar-refractivity contribution < 1.29 is 28.9 Å². The Kier molecular flexibility index (Phi) is 8.56. The zero-order valence-electron chi connectivity index (χ0n) is 25.9. The topological polar surface area (TPSA) is 95.0 Å². The van der Waals surface area contributed by atoms with E-state index in [-0.39, 0.29) is 17.2 Å². The number of aryl methyl sites for hydroxylation is 1. The van der Waals surface area contributed by atoms with E-state index in [1.54, 1.807) is 18.2 Å². The van der Waals surface area contributed by atoms with Crippen molar-refractivity contribution in [1.82, 2.24) is 9.88 Å². The van der Waals surface area contributed by atoms with Gasteiger partial charge >= 0.3 is 0 Å². The fourth-order valence-electron chi connectivity index (χ4n) is 6.81. The van der Waals surface area contributed by atoms with Crippen molar-refractivity contribution in [2.75, 3.05) is 7.11 Å². The van der Waals surface area contributed by atoms with Gasteiger partial charge in [0.25, 0.3) is 0 Å². The van der Waals surface area contributed by atoms with Crippen molar-refractivity contribution in [2.24, 2.45) is 5.92 Å². The number of hydrogen-bond acceptors (Lipinski definition) is 7. The second kappa shape index (κ2) is 11.9. The van der Waals surface area contributed by atoms with Gasteiger partial charge in [-0.05, 0) is 93.7 Å². The lowest BCUT2D eigenvalue weighted by atomic mass is 9.79. The third-order valence-corrected chi connectivity index (χ3v) is 9.42. The van der Waals surface area contributed by atoms with Gasteiger partial charge in [-0.25, -0.2) is 9.37 Å². The van der Waals surface area contributed by atoms with Crippen LogP contribution in [0.1, 0.15) is 94.8 Å². The number of halogens is 1. The van der Waals surface area contributed by atoms with Gasteiger partial charge in [0.2, 0.25) is 5.88 Å². The highest BCUT2D eigenvalue weighted by Crippen LogP contribution is 2.43. The van der Waals surface area contributed by atoms with E-state index >= 15 is 4.39 Å². The maximum atomic E-state index is 15.3. The average molecular weight is 590 g/mol. The highest BCUT2D eigenvalue weighted by atomic mass is 19.1. The molecule has 1 fully saturated rings. The number of rotatable bonds is 8. The van der Waals surface area contributed by atoms with Gasteiger partial charge in [0.05, 0.1) is 19.4 Å². The van der Waals surface area contributed by atoms with Crippen molar-refractivity contribution >= 4 is 5.97 Å². The molecule has 0 amide bonds. The Morgan fingerprint density at radius 3 is 2.53 bits per heavy atom. The van der Waals surface area contributed by atoms with Crippen LogP contribution in [0.3, 0.4) is 0 Å². The molecule has 0 saturated carbocycles. The molecule has 8 heteroatoms. The first kappa shape index (κ1) is 31.0. The first-order chi connectivity index (χ1) is 20.3. The number of carbonyl (C=O) groups excluding carboxylic acids is 1. The summed E-state index contributed by atoms with van der Waals surface area (Å²) in [6.45, 7) is 11.2. The van der Waals surface area contributed by atoms with E-state index in [2.05, 4.69) is 43.6 Å². The molecule has 0 spiro atoms. The zero-order chi connectivity index (χ0) is 31.1. The van der Waals surface area contributed by atoms with Crippen molar-refractivity contribution in [1.29, 1.82) is 0 Å². The molecule has 2 aliphatic heterocycles. The van der Waals surface area contributed by atoms with Crippen LogP contribution in [0.4, 0.5) is 4.39 Å². The molecule has 1 unspecified atom stereocenters. The van der Waals surface area contributed by atoms with Gasteiger partial charge < -0.3 is 24.5 Å². The van der Waals surface area contributed by atoms with Crippen LogP contribution in [0.15, 0.2) is 48.7 Å². The molecule has 0 bridgehead atoms. The van der Waals surface area contributed by atoms with E-state index in [4.69, 9.17) is 9.47 Å².